The van der Waals surface area contributed by atoms with E-state index >= 15 is 0 Å². The standard InChI is InChI=1S/C50H33N3/c1-3-12-34(13-4-1)42-28-25-39(33-46(42)35-14-5-2-6-15-35)38-17-11-18-40(32-38)47-30-31-51-50(52-47)37-22-26-41(27-23-37)53-48-21-10-9-20-44(48)45-29-24-36-16-7-8-19-43(36)49(45)53/h1-33H. The minimum absolute atomic E-state index is 0.700. The van der Waals surface area contributed by atoms with Crippen molar-refractivity contribution in [2.45, 2.75) is 0 Å². The largest absolute Gasteiger partial charge is 0.309 e. The van der Waals surface area contributed by atoms with Crippen molar-refractivity contribution in [3.05, 3.63) is 200 Å². The molecule has 2 aromatic heterocycles. The van der Waals surface area contributed by atoms with Crippen LogP contribution in [-0.2, 0) is 0 Å². The highest BCUT2D eigenvalue weighted by molar-refractivity contribution is 6.18. The molecule has 248 valence electrons. The molecule has 0 saturated heterocycles. The fourth-order valence-electron chi connectivity index (χ4n) is 7.72. The Bertz CT molecular complexity index is 2930. The van der Waals surface area contributed by atoms with Gasteiger partial charge in [-0.3, -0.25) is 0 Å². The summed E-state index contributed by atoms with van der Waals surface area (Å²) in [7, 11) is 0. The molecule has 3 nitrogen and oxygen atoms in total. The van der Waals surface area contributed by atoms with Gasteiger partial charge in [-0.2, -0.15) is 0 Å². The average molecular weight is 676 g/mol. The third-order valence-corrected chi connectivity index (χ3v) is 10.3. The van der Waals surface area contributed by atoms with Gasteiger partial charge in [-0.05, 0) is 87.3 Å². The van der Waals surface area contributed by atoms with Gasteiger partial charge in [-0.1, -0.05) is 146 Å². The number of para-hydroxylation sites is 1. The molecule has 0 aliphatic heterocycles. The molecule has 0 amide bonds. The van der Waals surface area contributed by atoms with Crippen LogP contribution in [0, 0.1) is 0 Å². The number of aromatic nitrogens is 3. The van der Waals surface area contributed by atoms with Crippen LogP contribution in [-0.4, -0.2) is 14.5 Å². The van der Waals surface area contributed by atoms with Gasteiger partial charge in [0.25, 0.3) is 0 Å². The van der Waals surface area contributed by atoms with Gasteiger partial charge in [-0.25, -0.2) is 9.97 Å². The second-order valence-corrected chi connectivity index (χ2v) is 13.4. The highest BCUT2D eigenvalue weighted by atomic mass is 15.0. The van der Waals surface area contributed by atoms with Crippen LogP contribution in [0.1, 0.15) is 0 Å². The molecule has 0 aliphatic rings. The van der Waals surface area contributed by atoms with E-state index in [1.807, 2.05) is 12.3 Å². The molecule has 0 bridgehead atoms. The Hall–Kier alpha value is -7.10. The number of hydrogen-bond donors (Lipinski definition) is 0. The van der Waals surface area contributed by atoms with Gasteiger partial charge in [0.05, 0.1) is 16.7 Å². The van der Waals surface area contributed by atoms with Crippen molar-refractivity contribution < 1.29 is 0 Å². The molecule has 10 rings (SSSR count). The first-order valence-corrected chi connectivity index (χ1v) is 18.0. The molecule has 53 heavy (non-hydrogen) atoms. The lowest BCUT2D eigenvalue weighted by Crippen LogP contribution is -1.96. The Balaban J connectivity index is 1.01. The van der Waals surface area contributed by atoms with E-state index < -0.39 is 0 Å². The van der Waals surface area contributed by atoms with E-state index in [4.69, 9.17) is 9.97 Å². The van der Waals surface area contributed by atoms with Gasteiger partial charge in [0.2, 0.25) is 0 Å². The van der Waals surface area contributed by atoms with E-state index in [9.17, 15) is 0 Å². The monoisotopic (exact) mass is 675 g/mol. The zero-order chi connectivity index (χ0) is 35.1. The van der Waals surface area contributed by atoms with Crippen molar-refractivity contribution in [3.63, 3.8) is 0 Å². The number of hydrogen-bond acceptors (Lipinski definition) is 2. The lowest BCUT2D eigenvalue weighted by Gasteiger charge is -2.14. The Morgan fingerprint density at radius 3 is 1.83 bits per heavy atom. The third kappa shape index (κ3) is 5.47. The van der Waals surface area contributed by atoms with Crippen LogP contribution in [0.2, 0.25) is 0 Å². The molecule has 10 aromatic rings. The summed E-state index contributed by atoms with van der Waals surface area (Å²) in [5.74, 6) is 0.700. The maximum absolute atomic E-state index is 5.08. The zero-order valence-electron chi connectivity index (χ0n) is 28.9. The smallest absolute Gasteiger partial charge is 0.159 e. The first kappa shape index (κ1) is 30.7. The fourth-order valence-corrected chi connectivity index (χ4v) is 7.72. The predicted molar refractivity (Wildman–Crippen MR) is 221 cm³/mol. The summed E-state index contributed by atoms with van der Waals surface area (Å²) in [5, 5.41) is 4.98. The molecule has 0 fully saturated rings. The SMILES string of the molecule is c1ccc(-c2ccc(-c3cccc(-c4ccnc(-c5ccc(-n6c7ccccc7c7ccc8ccccc8c76)cc5)n4)c3)cc2-c2ccccc2)cc1. The van der Waals surface area contributed by atoms with Crippen molar-refractivity contribution in [1.82, 2.24) is 14.5 Å². The van der Waals surface area contributed by atoms with Gasteiger partial charge in [0.1, 0.15) is 0 Å². The molecule has 0 N–H and O–H groups in total. The van der Waals surface area contributed by atoms with Crippen molar-refractivity contribution in [3.8, 4) is 61.7 Å². The summed E-state index contributed by atoms with van der Waals surface area (Å²) >= 11 is 0. The van der Waals surface area contributed by atoms with E-state index in [0.717, 1.165) is 33.6 Å². The maximum Gasteiger partial charge on any atom is 0.159 e. The predicted octanol–water partition coefficient (Wildman–Crippen LogP) is 13.1. The van der Waals surface area contributed by atoms with Crippen LogP contribution < -0.4 is 0 Å². The topological polar surface area (TPSA) is 30.7 Å². The van der Waals surface area contributed by atoms with Crippen LogP contribution >= 0.6 is 0 Å². The summed E-state index contributed by atoms with van der Waals surface area (Å²) in [6.45, 7) is 0. The maximum atomic E-state index is 5.08. The zero-order valence-corrected chi connectivity index (χ0v) is 28.9. The summed E-state index contributed by atoms with van der Waals surface area (Å²) in [6, 6.07) is 69.1. The minimum Gasteiger partial charge on any atom is -0.309 e. The van der Waals surface area contributed by atoms with Gasteiger partial charge < -0.3 is 4.57 Å². The first-order valence-electron chi connectivity index (χ1n) is 18.0. The molecule has 0 unspecified atom stereocenters. The van der Waals surface area contributed by atoms with Crippen LogP contribution in [0.5, 0.6) is 0 Å². The van der Waals surface area contributed by atoms with Crippen LogP contribution in [0.3, 0.4) is 0 Å². The molecule has 0 saturated carbocycles. The van der Waals surface area contributed by atoms with Gasteiger partial charge in [0.15, 0.2) is 5.82 Å². The van der Waals surface area contributed by atoms with E-state index in [1.165, 1.54) is 54.8 Å². The Morgan fingerprint density at radius 2 is 1.02 bits per heavy atom. The molecule has 3 heteroatoms. The highest BCUT2D eigenvalue weighted by Crippen LogP contribution is 2.38. The van der Waals surface area contributed by atoms with Crippen molar-refractivity contribution >= 4 is 32.6 Å². The van der Waals surface area contributed by atoms with E-state index in [-0.39, 0.29) is 0 Å². The first-order chi connectivity index (χ1) is 26.3. The van der Waals surface area contributed by atoms with Crippen LogP contribution in [0.15, 0.2) is 200 Å². The number of rotatable bonds is 6. The van der Waals surface area contributed by atoms with E-state index in [2.05, 4.69) is 193 Å². The Kier molecular flexibility index (Phi) is 7.47. The van der Waals surface area contributed by atoms with Crippen molar-refractivity contribution in [1.29, 1.82) is 0 Å². The van der Waals surface area contributed by atoms with E-state index in [1.54, 1.807) is 0 Å². The lowest BCUT2D eigenvalue weighted by molar-refractivity contribution is 1.16. The number of nitrogens with zero attached hydrogens (tertiary/aromatic N) is 3. The summed E-state index contributed by atoms with van der Waals surface area (Å²) < 4.78 is 2.38. The van der Waals surface area contributed by atoms with E-state index in [0.29, 0.717) is 5.82 Å². The lowest BCUT2D eigenvalue weighted by atomic mass is 9.90. The number of benzene rings is 8. The normalized spacial score (nSPS) is 11.4. The second-order valence-electron chi connectivity index (χ2n) is 13.4. The quantitative estimate of drug-likeness (QED) is 0.176. The average Bonchev–Trinajstić information content (AvgIpc) is 3.59. The Morgan fingerprint density at radius 1 is 0.377 bits per heavy atom. The second kappa shape index (κ2) is 12.9. The minimum atomic E-state index is 0.700. The van der Waals surface area contributed by atoms with Gasteiger partial charge in [-0.15, -0.1) is 0 Å². The molecular formula is C50H33N3. The number of fused-ring (bicyclic) bond motifs is 5. The molecule has 0 radical (unpaired) electrons. The Labute approximate surface area is 308 Å². The van der Waals surface area contributed by atoms with Crippen LogP contribution in [0.25, 0.3) is 94.3 Å². The molecule has 0 atom stereocenters. The van der Waals surface area contributed by atoms with Crippen LogP contribution in [0.4, 0.5) is 0 Å². The molecule has 0 spiro atoms. The summed E-state index contributed by atoms with van der Waals surface area (Å²) in [4.78, 5) is 9.80. The summed E-state index contributed by atoms with van der Waals surface area (Å²) in [6.07, 6.45) is 1.86. The van der Waals surface area contributed by atoms with Crippen molar-refractivity contribution in [2.24, 2.45) is 0 Å². The third-order valence-electron chi connectivity index (χ3n) is 10.3. The van der Waals surface area contributed by atoms with Crippen molar-refractivity contribution in [2.75, 3.05) is 0 Å². The molecule has 8 aromatic carbocycles. The highest BCUT2D eigenvalue weighted by Gasteiger charge is 2.16. The fraction of sp³-hybridized carbons (Fsp3) is 0. The molecule has 0 aliphatic carbocycles. The molecule has 2 heterocycles. The van der Waals surface area contributed by atoms with Gasteiger partial charge in [0, 0.05) is 39.2 Å². The summed E-state index contributed by atoms with van der Waals surface area (Å²) in [5.41, 5.74) is 13.6. The molecular weight excluding hydrogens is 643 g/mol. The van der Waals surface area contributed by atoms with Gasteiger partial charge >= 0.3 is 0 Å².